The molecular formula is C14H19NO4S. The van der Waals surface area contributed by atoms with Gasteiger partial charge in [0.2, 0.25) is 5.91 Å². The quantitative estimate of drug-likeness (QED) is 0.731. The van der Waals surface area contributed by atoms with Gasteiger partial charge in [-0.25, -0.2) is 4.79 Å². The van der Waals surface area contributed by atoms with E-state index in [0.717, 1.165) is 11.3 Å². The number of rotatable bonds is 7. The molecule has 1 aromatic carbocycles. The number of carbonyl (C=O) groups is 2. The normalized spacial score (nSPS) is 11.8. The molecule has 0 aliphatic rings. The van der Waals surface area contributed by atoms with Crippen molar-refractivity contribution in [3.63, 3.8) is 0 Å². The first-order valence-electron chi connectivity index (χ1n) is 6.18. The number of methoxy groups -OCH3 is 1. The summed E-state index contributed by atoms with van der Waals surface area (Å²) in [5, 5.41) is 11.4. The number of hydrogen-bond acceptors (Lipinski definition) is 5. The van der Waals surface area contributed by atoms with Gasteiger partial charge in [-0.1, -0.05) is 29.8 Å². The van der Waals surface area contributed by atoms with Gasteiger partial charge in [0.05, 0.1) is 19.5 Å². The highest BCUT2D eigenvalue weighted by Crippen LogP contribution is 2.13. The first kappa shape index (κ1) is 16.5. The van der Waals surface area contributed by atoms with E-state index in [1.54, 1.807) is 0 Å². The number of benzene rings is 1. The van der Waals surface area contributed by atoms with Crippen molar-refractivity contribution in [3.8, 4) is 0 Å². The number of aliphatic hydroxyl groups is 1. The molecule has 0 saturated carbocycles. The number of thioether (sulfide) groups is 1. The first-order chi connectivity index (χ1) is 9.56. The molecule has 0 aliphatic carbocycles. The lowest BCUT2D eigenvalue weighted by atomic mass is 10.2. The molecule has 5 nitrogen and oxygen atoms in total. The molecule has 0 fully saturated rings. The first-order valence-corrected chi connectivity index (χ1v) is 7.33. The second-order valence-electron chi connectivity index (χ2n) is 4.31. The minimum absolute atomic E-state index is 0.224. The summed E-state index contributed by atoms with van der Waals surface area (Å²) in [7, 11) is 1.21. The molecule has 0 aliphatic heterocycles. The van der Waals surface area contributed by atoms with Gasteiger partial charge in [-0.15, -0.1) is 11.8 Å². The van der Waals surface area contributed by atoms with Crippen molar-refractivity contribution >= 4 is 23.6 Å². The predicted octanol–water partition coefficient (Wildman–Crippen LogP) is 0.878. The second kappa shape index (κ2) is 8.60. The lowest BCUT2D eigenvalue weighted by molar-refractivity contribution is -0.145. The van der Waals surface area contributed by atoms with E-state index >= 15 is 0 Å². The van der Waals surface area contributed by atoms with Gasteiger partial charge in [-0.3, -0.25) is 4.79 Å². The fourth-order valence-electron chi connectivity index (χ4n) is 1.62. The highest BCUT2D eigenvalue weighted by molar-refractivity contribution is 7.99. The van der Waals surface area contributed by atoms with E-state index in [0.29, 0.717) is 0 Å². The summed E-state index contributed by atoms with van der Waals surface area (Å²) in [5.41, 5.74) is 2.33. The topological polar surface area (TPSA) is 75.6 Å². The lowest BCUT2D eigenvalue weighted by Crippen LogP contribution is -2.44. The Morgan fingerprint density at radius 2 is 2.20 bits per heavy atom. The minimum Gasteiger partial charge on any atom is -0.467 e. The van der Waals surface area contributed by atoms with Crippen LogP contribution in [0.1, 0.15) is 11.1 Å². The number of hydrogen-bond donors (Lipinski definition) is 2. The Balaban J connectivity index is 2.34. The molecule has 0 aromatic heterocycles. The van der Waals surface area contributed by atoms with Crippen molar-refractivity contribution in [1.82, 2.24) is 5.32 Å². The molecule has 110 valence electrons. The zero-order valence-corrected chi connectivity index (χ0v) is 12.4. The third-order valence-corrected chi connectivity index (χ3v) is 3.59. The van der Waals surface area contributed by atoms with Gasteiger partial charge in [-0.2, -0.15) is 0 Å². The van der Waals surface area contributed by atoms with Gasteiger partial charge < -0.3 is 15.2 Å². The highest BCUT2D eigenvalue weighted by atomic mass is 32.2. The van der Waals surface area contributed by atoms with Crippen molar-refractivity contribution < 1.29 is 19.4 Å². The maximum Gasteiger partial charge on any atom is 0.330 e. The fourth-order valence-corrected chi connectivity index (χ4v) is 2.41. The number of aryl methyl sites for hydroxylation is 1. The Hall–Kier alpha value is -1.53. The average molecular weight is 297 g/mol. The summed E-state index contributed by atoms with van der Waals surface area (Å²) in [6.07, 6.45) is 0. The van der Waals surface area contributed by atoms with E-state index in [1.807, 2.05) is 25.1 Å². The highest BCUT2D eigenvalue weighted by Gasteiger charge is 2.19. The number of aliphatic hydroxyl groups excluding tert-OH is 1. The van der Waals surface area contributed by atoms with Gasteiger partial charge in [0.25, 0.3) is 0 Å². The SMILES string of the molecule is COC(=O)C(CO)NC(=O)CSCc1cccc(C)c1. The zero-order chi connectivity index (χ0) is 15.0. The van der Waals surface area contributed by atoms with Gasteiger partial charge in [0.15, 0.2) is 6.04 Å². The van der Waals surface area contributed by atoms with E-state index in [2.05, 4.69) is 16.1 Å². The summed E-state index contributed by atoms with van der Waals surface area (Å²) in [6, 6.07) is 7.07. The molecule has 0 saturated heterocycles. The molecule has 1 aromatic rings. The number of nitrogens with one attached hydrogen (secondary N) is 1. The number of carbonyl (C=O) groups excluding carboxylic acids is 2. The standard InChI is InChI=1S/C14H19NO4S/c1-10-4-3-5-11(6-10)8-20-9-13(17)15-12(7-16)14(18)19-2/h3-6,12,16H,7-9H2,1-2H3,(H,15,17). The van der Waals surface area contributed by atoms with Gasteiger partial charge in [-0.05, 0) is 12.5 Å². The molecule has 0 spiro atoms. The van der Waals surface area contributed by atoms with Crippen LogP contribution < -0.4 is 5.32 Å². The Morgan fingerprint density at radius 1 is 1.45 bits per heavy atom. The second-order valence-corrected chi connectivity index (χ2v) is 5.29. The average Bonchev–Trinajstić information content (AvgIpc) is 2.44. The third-order valence-electron chi connectivity index (χ3n) is 2.59. The summed E-state index contributed by atoms with van der Waals surface area (Å²) in [6.45, 7) is 1.55. The molecule has 1 unspecified atom stereocenters. The van der Waals surface area contributed by atoms with E-state index in [9.17, 15) is 9.59 Å². The Morgan fingerprint density at radius 3 is 2.80 bits per heavy atom. The van der Waals surface area contributed by atoms with E-state index in [1.165, 1.54) is 24.4 Å². The van der Waals surface area contributed by atoms with Crippen LogP contribution in [0.4, 0.5) is 0 Å². The molecule has 0 heterocycles. The molecule has 1 amide bonds. The third kappa shape index (κ3) is 5.63. The molecular weight excluding hydrogens is 278 g/mol. The predicted molar refractivity (Wildman–Crippen MR) is 78.4 cm³/mol. The van der Waals surface area contributed by atoms with Crippen molar-refractivity contribution in [2.75, 3.05) is 19.5 Å². The lowest BCUT2D eigenvalue weighted by Gasteiger charge is -2.13. The van der Waals surface area contributed by atoms with Crippen molar-refractivity contribution in [1.29, 1.82) is 0 Å². The maximum atomic E-state index is 11.6. The Kier molecular flexibility index (Phi) is 7.11. The van der Waals surface area contributed by atoms with E-state index in [4.69, 9.17) is 5.11 Å². The van der Waals surface area contributed by atoms with Crippen LogP contribution in [0.2, 0.25) is 0 Å². The number of ether oxygens (including phenoxy) is 1. The van der Waals surface area contributed by atoms with Crippen LogP contribution in [0.15, 0.2) is 24.3 Å². The van der Waals surface area contributed by atoms with Gasteiger partial charge in [0, 0.05) is 5.75 Å². The summed E-state index contributed by atoms with van der Waals surface area (Å²) in [5.74, 6) is -0.00455. The fraction of sp³-hybridized carbons (Fsp3) is 0.429. The zero-order valence-electron chi connectivity index (χ0n) is 11.6. The molecule has 2 N–H and O–H groups in total. The van der Waals surface area contributed by atoms with Crippen molar-refractivity contribution in [2.24, 2.45) is 0 Å². The van der Waals surface area contributed by atoms with Crippen molar-refractivity contribution in [2.45, 2.75) is 18.7 Å². The summed E-state index contributed by atoms with van der Waals surface area (Å²) >= 11 is 1.45. The Labute approximate surface area is 122 Å². The molecule has 0 bridgehead atoms. The van der Waals surface area contributed by atoms with Crippen LogP contribution in [-0.2, 0) is 20.1 Å². The largest absolute Gasteiger partial charge is 0.467 e. The number of amides is 1. The van der Waals surface area contributed by atoms with Crippen LogP contribution in [0.25, 0.3) is 0 Å². The van der Waals surface area contributed by atoms with E-state index < -0.39 is 18.6 Å². The molecule has 1 atom stereocenters. The van der Waals surface area contributed by atoms with Gasteiger partial charge >= 0.3 is 5.97 Å². The smallest absolute Gasteiger partial charge is 0.330 e. The van der Waals surface area contributed by atoms with Crippen LogP contribution in [-0.4, -0.2) is 42.5 Å². The van der Waals surface area contributed by atoms with E-state index in [-0.39, 0.29) is 11.7 Å². The molecule has 1 rings (SSSR count). The minimum atomic E-state index is -0.993. The maximum absolute atomic E-state index is 11.6. The van der Waals surface area contributed by atoms with Crippen LogP contribution in [0.3, 0.4) is 0 Å². The summed E-state index contributed by atoms with van der Waals surface area (Å²) < 4.78 is 4.47. The number of esters is 1. The van der Waals surface area contributed by atoms with Crippen molar-refractivity contribution in [3.05, 3.63) is 35.4 Å². The van der Waals surface area contributed by atoms with Crippen LogP contribution in [0, 0.1) is 6.92 Å². The molecule has 20 heavy (non-hydrogen) atoms. The molecule has 0 radical (unpaired) electrons. The van der Waals surface area contributed by atoms with Crippen LogP contribution in [0.5, 0.6) is 0 Å². The van der Waals surface area contributed by atoms with Crippen LogP contribution >= 0.6 is 11.8 Å². The Bertz CT molecular complexity index is 464. The monoisotopic (exact) mass is 297 g/mol. The summed E-state index contributed by atoms with van der Waals surface area (Å²) in [4.78, 5) is 22.8. The molecule has 6 heteroatoms. The van der Waals surface area contributed by atoms with Gasteiger partial charge in [0.1, 0.15) is 0 Å².